The van der Waals surface area contributed by atoms with Crippen LogP contribution in [0.15, 0.2) is 42.5 Å². The number of nitrogens with zero attached hydrogens (tertiary/aromatic N) is 2. The summed E-state index contributed by atoms with van der Waals surface area (Å²) in [4.78, 5) is 17.2. The normalized spacial score (nSPS) is 11.7. The lowest BCUT2D eigenvalue weighted by Crippen LogP contribution is -2.43. The van der Waals surface area contributed by atoms with Gasteiger partial charge in [-0.1, -0.05) is 44.2 Å². The molecular weight excluding hydrogens is 330 g/mol. The van der Waals surface area contributed by atoms with E-state index in [0.29, 0.717) is 6.42 Å². The highest BCUT2D eigenvalue weighted by molar-refractivity contribution is 5.66. The van der Waals surface area contributed by atoms with Gasteiger partial charge in [-0.2, -0.15) is 5.26 Å². The third-order valence-corrected chi connectivity index (χ3v) is 4.28. The van der Waals surface area contributed by atoms with Gasteiger partial charge in [-0.05, 0) is 42.5 Å². The van der Waals surface area contributed by atoms with Crippen molar-refractivity contribution in [2.45, 2.75) is 33.2 Å². The van der Waals surface area contributed by atoms with E-state index in [1.807, 2.05) is 50.2 Å². The summed E-state index contributed by atoms with van der Waals surface area (Å²) in [5, 5.41) is 19.7. The number of rotatable bonds is 6. The van der Waals surface area contributed by atoms with Crippen molar-refractivity contribution in [1.82, 2.24) is 5.06 Å². The molecule has 26 heavy (non-hydrogen) atoms. The molecule has 2 aromatic carbocycles. The molecule has 0 aliphatic carbocycles. The standard InChI is InChI=1S/C20H23N3O3/c1-13(2)14(3)23(20(24)25)26-19-11-16(10-18(22)17(19)12-21)9-15-7-5-4-6-8-15/h4-8,10-11,13-14H,9,22H2,1-3H3,(H,24,25). The molecule has 0 heterocycles. The minimum absolute atomic E-state index is 0.0430. The van der Waals surface area contributed by atoms with Crippen LogP contribution in [0.2, 0.25) is 0 Å². The van der Waals surface area contributed by atoms with Gasteiger partial charge in [-0.3, -0.25) is 0 Å². The molecule has 0 radical (unpaired) electrons. The minimum atomic E-state index is -1.22. The highest BCUT2D eigenvalue weighted by atomic mass is 16.7. The van der Waals surface area contributed by atoms with Gasteiger partial charge in [0.2, 0.25) is 0 Å². The molecule has 2 aromatic rings. The predicted molar refractivity (Wildman–Crippen MR) is 99.6 cm³/mol. The summed E-state index contributed by atoms with van der Waals surface area (Å²) in [6.45, 7) is 5.55. The Kier molecular flexibility index (Phi) is 6.07. The summed E-state index contributed by atoms with van der Waals surface area (Å²) >= 11 is 0. The van der Waals surface area contributed by atoms with E-state index < -0.39 is 12.1 Å². The molecule has 6 heteroatoms. The number of hydrogen-bond acceptors (Lipinski definition) is 4. The van der Waals surface area contributed by atoms with Crippen LogP contribution in [0.4, 0.5) is 10.5 Å². The Hall–Kier alpha value is -3.20. The van der Waals surface area contributed by atoms with E-state index in [4.69, 9.17) is 10.6 Å². The zero-order chi connectivity index (χ0) is 19.3. The van der Waals surface area contributed by atoms with Crippen LogP contribution >= 0.6 is 0 Å². The molecule has 0 bridgehead atoms. The van der Waals surface area contributed by atoms with Crippen molar-refractivity contribution in [2.24, 2.45) is 5.92 Å². The molecule has 0 aliphatic rings. The van der Waals surface area contributed by atoms with Crippen LogP contribution in [0.25, 0.3) is 0 Å². The molecule has 136 valence electrons. The molecule has 0 fully saturated rings. The van der Waals surface area contributed by atoms with Crippen molar-refractivity contribution in [3.63, 3.8) is 0 Å². The van der Waals surface area contributed by atoms with E-state index in [2.05, 4.69) is 0 Å². The zero-order valence-corrected chi connectivity index (χ0v) is 15.1. The van der Waals surface area contributed by atoms with Gasteiger partial charge in [0.1, 0.15) is 11.6 Å². The van der Waals surface area contributed by atoms with E-state index in [0.717, 1.165) is 16.2 Å². The van der Waals surface area contributed by atoms with Gasteiger partial charge in [0.15, 0.2) is 5.75 Å². The molecule has 3 N–H and O–H groups in total. The molecule has 2 rings (SSSR count). The van der Waals surface area contributed by atoms with E-state index in [1.165, 1.54) is 0 Å². The zero-order valence-electron chi connectivity index (χ0n) is 15.1. The Morgan fingerprint density at radius 3 is 2.42 bits per heavy atom. The quantitative estimate of drug-likeness (QED) is 0.603. The van der Waals surface area contributed by atoms with Crippen LogP contribution in [-0.2, 0) is 6.42 Å². The van der Waals surface area contributed by atoms with Gasteiger partial charge < -0.3 is 15.7 Å². The molecular formula is C20H23N3O3. The van der Waals surface area contributed by atoms with E-state index in [9.17, 15) is 15.2 Å². The molecule has 0 aliphatic heterocycles. The molecule has 1 unspecified atom stereocenters. The van der Waals surface area contributed by atoms with Gasteiger partial charge in [0, 0.05) is 0 Å². The number of hydroxylamine groups is 2. The highest BCUT2D eigenvalue weighted by Crippen LogP contribution is 2.29. The second kappa shape index (κ2) is 8.26. The predicted octanol–water partition coefficient (Wildman–Crippen LogP) is 4.05. The van der Waals surface area contributed by atoms with Gasteiger partial charge in [0.05, 0.1) is 11.7 Å². The van der Waals surface area contributed by atoms with Gasteiger partial charge in [0.25, 0.3) is 0 Å². The highest BCUT2D eigenvalue weighted by Gasteiger charge is 2.26. The molecule has 0 saturated heterocycles. The van der Waals surface area contributed by atoms with Crippen LogP contribution < -0.4 is 10.6 Å². The average molecular weight is 353 g/mol. The average Bonchev–Trinajstić information content (AvgIpc) is 2.59. The van der Waals surface area contributed by atoms with Crippen molar-refractivity contribution in [1.29, 1.82) is 5.26 Å². The molecule has 1 amide bonds. The van der Waals surface area contributed by atoms with Gasteiger partial charge >= 0.3 is 6.09 Å². The second-order valence-electron chi connectivity index (χ2n) is 6.52. The summed E-state index contributed by atoms with van der Waals surface area (Å²) in [5.74, 6) is 0.190. The van der Waals surface area contributed by atoms with E-state index in [1.54, 1.807) is 19.1 Å². The monoisotopic (exact) mass is 353 g/mol. The van der Waals surface area contributed by atoms with E-state index in [-0.39, 0.29) is 22.9 Å². The lowest BCUT2D eigenvalue weighted by atomic mass is 10.0. The molecule has 0 aromatic heterocycles. The number of amides is 1. The maximum Gasteiger partial charge on any atom is 0.441 e. The first-order valence-corrected chi connectivity index (χ1v) is 8.40. The van der Waals surface area contributed by atoms with Gasteiger partial charge in [-0.25, -0.2) is 4.79 Å². The second-order valence-corrected chi connectivity index (χ2v) is 6.52. The topological polar surface area (TPSA) is 99.6 Å². The molecule has 6 nitrogen and oxygen atoms in total. The van der Waals surface area contributed by atoms with Crippen LogP contribution in [0, 0.1) is 17.2 Å². The number of nitriles is 1. The Bertz CT molecular complexity index is 813. The number of nitrogens with two attached hydrogens (primary N) is 1. The Balaban J connectivity index is 2.39. The van der Waals surface area contributed by atoms with Crippen LogP contribution in [-0.4, -0.2) is 22.3 Å². The molecule has 1 atom stereocenters. The first kappa shape index (κ1) is 19.1. The number of benzene rings is 2. The molecule has 0 spiro atoms. The van der Waals surface area contributed by atoms with Crippen molar-refractivity contribution < 1.29 is 14.7 Å². The number of nitrogen functional groups attached to an aromatic ring is 1. The summed E-state index contributed by atoms with van der Waals surface area (Å²) in [6, 6.07) is 14.8. The van der Waals surface area contributed by atoms with Crippen LogP contribution in [0.5, 0.6) is 5.75 Å². The van der Waals surface area contributed by atoms with Crippen molar-refractivity contribution in [3.05, 3.63) is 59.2 Å². The number of hydrogen-bond donors (Lipinski definition) is 2. The van der Waals surface area contributed by atoms with E-state index >= 15 is 0 Å². The Labute approximate surface area is 153 Å². The minimum Gasteiger partial charge on any atom is -0.463 e. The lowest BCUT2D eigenvalue weighted by Gasteiger charge is -2.28. The fourth-order valence-corrected chi connectivity index (χ4v) is 2.49. The fraction of sp³-hybridized carbons (Fsp3) is 0.300. The van der Waals surface area contributed by atoms with Crippen molar-refractivity contribution in [3.8, 4) is 11.8 Å². The van der Waals surface area contributed by atoms with Crippen molar-refractivity contribution in [2.75, 3.05) is 5.73 Å². The lowest BCUT2D eigenvalue weighted by molar-refractivity contribution is -0.0754. The summed E-state index contributed by atoms with van der Waals surface area (Å²) in [6.07, 6.45) is -0.623. The fourth-order valence-electron chi connectivity index (χ4n) is 2.49. The number of carboxylic acid groups (broad SMARTS) is 1. The Morgan fingerprint density at radius 1 is 1.23 bits per heavy atom. The third kappa shape index (κ3) is 4.45. The maximum atomic E-state index is 11.6. The smallest absolute Gasteiger partial charge is 0.441 e. The van der Waals surface area contributed by atoms with Crippen LogP contribution in [0.3, 0.4) is 0 Å². The number of anilines is 1. The molecule has 0 saturated carbocycles. The largest absolute Gasteiger partial charge is 0.463 e. The first-order valence-electron chi connectivity index (χ1n) is 8.40. The Morgan fingerprint density at radius 2 is 1.88 bits per heavy atom. The first-order chi connectivity index (χ1) is 12.3. The van der Waals surface area contributed by atoms with Crippen molar-refractivity contribution >= 4 is 11.8 Å². The summed E-state index contributed by atoms with van der Waals surface area (Å²) in [7, 11) is 0. The maximum absolute atomic E-state index is 11.6. The summed E-state index contributed by atoms with van der Waals surface area (Å²) in [5.41, 5.74) is 8.31. The summed E-state index contributed by atoms with van der Waals surface area (Å²) < 4.78 is 0. The SMILES string of the molecule is CC(C)C(C)N(Oc1cc(Cc2ccccc2)cc(N)c1C#N)C(=O)O. The van der Waals surface area contributed by atoms with Crippen LogP contribution in [0.1, 0.15) is 37.5 Å². The third-order valence-electron chi connectivity index (χ3n) is 4.28. The van der Waals surface area contributed by atoms with Gasteiger partial charge in [-0.15, -0.1) is 5.06 Å². The number of carbonyl (C=O) groups is 1.